The lowest BCUT2D eigenvalue weighted by Crippen LogP contribution is -1.96. The standard InChI is InChI=1S/C7H5NO4.C3H5BrO/c9-7(10)5-1-3-6(4-2-5)8(11)12;4-2-1-3-5/h1-4H,(H,9,10);1-2,5H,3H2. The first kappa shape index (κ1) is 15.3. The molecule has 1 aromatic carbocycles. The van der Waals surface area contributed by atoms with Gasteiger partial charge in [0.25, 0.3) is 5.69 Å². The van der Waals surface area contributed by atoms with Gasteiger partial charge < -0.3 is 10.2 Å². The fourth-order valence-electron chi connectivity index (χ4n) is 0.766. The summed E-state index contributed by atoms with van der Waals surface area (Å²) in [4.78, 5) is 21.5. The SMILES string of the molecule is O=C(O)c1ccc([N+](=O)[O-])cc1.OCC=CBr. The highest BCUT2D eigenvalue weighted by atomic mass is 79.9. The number of non-ortho nitro benzene ring substituents is 1. The molecule has 0 saturated heterocycles. The van der Waals surface area contributed by atoms with Gasteiger partial charge in [0.1, 0.15) is 0 Å². The van der Waals surface area contributed by atoms with Crippen LogP contribution < -0.4 is 0 Å². The van der Waals surface area contributed by atoms with E-state index in [-0.39, 0.29) is 17.9 Å². The highest BCUT2D eigenvalue weighted by Gasteiger charge is 2.06. The Bertz CT molecular complexity index is 369. The quantitative estimate of drug-likeness (QED) is 0.658. The zero-order valence-electron chi connectivity index (χ0n) is 8.62. The Labute approximate surface area is 105 Å². The van der Waals surface area contributed by atoms with Gasteiger partial charge in [0.15, 0.2) is 0 Å². The summed E-state index contributed by atoms with van der Waals surface area (Å²) in [5.74, 6) is -1.09. The number of hydrogen-bond donors (Lipinski definition) is 2. The largest absolute Gasteiger partial charge is 0.478 e. The molecule has 0 radical (unpaired) electrons. The summed E-state index contributed by atoms with van der Waals surface area (Å²) >= 11 is 2.97. The van der Waals surface area contributed by atoms with Crippen LogP contribution in [0, 0.1) is 10.1 Å². The zero-order chi connectivity index (χ0) is 13.3. The number of aromatic carboxylic acids is 1. The molecule has 0 fully saturated rings. The van der Waals surface area contributed by atoms with Crippen molar-refractivity contribution in [3.63, 3.8) is 0 Å². The van der Waals surface area contributed by atoms with E-state index in [2.05, 4.69) is 15.9 Å². The minimum atomic E-state index is -1.09. The first-order valence-electron chi connectivity index (χ1n) is 4.36. The molecule has 0 amide bonds. The average Bonchev–Trinajstić information content (AvgIpc) is 2.31. The Morgan fingerprint density at radius 2 is 1.94 bits per heavy atom. The molecule has 1 rings (SSSR count). The number of aliphatic hydroxyl groups is 1. The van der Waals surface area contributed by atoms with E-state index in [1.165, 1.54) is 12.1 Å². The molecule has 0 atom stereocenters. The minimum absolute atomic E-state index is 0.0422. The molecule has 0 aromatic heterocycles. The second-order valence-corrected chi connectivity index (χ2v) is 3.18. The lowest BCUT2D eigenvalue weighted by atomic mass is 10.2. The highest BCUT2D eigenvalue weighted by molar-refractivity contribution is 9.11. The van der Waals surface area contributed by atoms with Crippen LogP contribution in [0.3, 0.4) is 0 Å². The van der Waals surface area contributed by atoms with Crippen molar-refractivity contribution in [3.05, 3.63) is 51.0 Å². The van der Waals surface area contributed by atoms with Crippen molar-refractivity contribution < 1.29 is 19.9 Å². The molecule has 0 saturated carbocycles. The molecule has 0 aliphatic rings. The van der Waals surface area contributed by atoms with Gasteiger partial charge in [-0.3, -0.25) is 10.1 Å². The molecule has 92 valence electrons. The number of nitro benzene ring substituents is 1. The van der Waals surface area contributed by atoms with Crippen LogP contribution in [0.25, 0.3) is 0 Å². The van der Waals surface area contributed by atoms with Crippen molar-refractivity contribution in [2.75, 3.05) is 6.61 Å². The smallest absolute Gasteiger partial charge is 0.335 e. The van der Waals surface area contributed by atoms with E-state index < -0.39 is 10.9 Å². The van der Waals surface area contributed by atoms with Gasteiger partial charge >= 0.3 is 5.97 Å². The van der Waals surface area contributed by atoms with Gasteiger partial charge in [0.2, 0.25) is 0 Å². The van der Waals surface area contributed by atoms with Crippen molar-refractivity contribution >= 4 is 27.6 Å². The molecule has 0 spiro atoms. The number of carboxylic acids is 1. The fourth-order valence-corrected chi connectivity index (χ4v) is 0.933. The van der Waals surface area contributed by atoms with Crippen LogP contribution in [0.15, 0.2) is 35.3 Å². The monoisotopic (exact) mass is 303 g/mol. The number of hydrogen-bond acceptors (Lipinski definition) is 4. The van der Waals surface area contributed by atoms with Gasteiger partial charge in [-0.15, -0.1) is 0 Å². The maximum absolute atomic E-state index is 10.3. The van der Waals surface area contributed by atoms with Crippen molar-refractivity contribution in [2.45, 2.75) is 0 Å². The number of carbonyl (C=O) groups is 1. The lowest BCUT2D eigenvalue weighted by Gasteiger charge is -1.92. The molecular weight excluding hydrogens is 294 g/mol. The van der Waals surface area contributed by atoms with E-state index in [1.807, 2.05) is 0 Å². The van der Waals surface area contributed by atoms with E-state index >= 15 is 0 Å². The Kier molecular flexibility index (Phi) is 7.57. The van der Waals surface area contributed by atoms with Crippen molar-refractivity contribution in [1.82, 2.24) is 0 Å². The van der Waals surface area contributed by atoms with E-state index in [9.17, 15) is 14.9 Å². The van der Waals surface area contributed by atoms with Gasteiger partial charge in [-0.1, -0.05) is 22.0 Å². The molecule has 2 N–H and O–H groups in total. The van der Waals surface area contributed by atoms with Crippen molar-refractivity contribution in [3.8, 4) is 0 Å². The predicted molar refractivity (Wildman–Crippen MR) is 65.2 cm³/mol. The topological polar surface area (TPSA) is 101 Å². The molecule has 6 nitrogen and oxygen atoms in total. The number of rotatable bonds is 3. The Balaban J connectivity index is 0.000000437. The first-order valence-corrected chi connectivity index (χ1v) is 5.28. The van der Waals surface area contributed by atoms with Gasteiger partial charge in [-0.05, 0) is 17.1 Å². The second kappa shape index (κ2) is 8.43. The molecule has 17 heavy (non-hydrogen) atoms. The maximum Gasteiger partial charge on any atom is 0.335 e. The van der Waals surface area contributed by atoms with E-state index in [4.69, 9.17) is 10.2 Å². The van der Waals surface area contributed by atoms with E-state index in [0.29, 0.717) is 0 Å². The number of benzene rings is 1. The maximum atomic E-state index is 10.3. The van der Waals surface area contributed by atoms with Crippen LogP contribution in [0.4, 0.5) is 5.69 Å². The molecule has 7 heteroatoms. The summed E-state index contributed by atoms with van der Waals surface area (Å²) in [7, 11) is 0. The van der Waals surface area contributed by atoms with Gasteiger partial charge in [-0.2, -0.15) is 0 Å². The molecule has 1 aromatic rings. The number of carboxylic acid groups (broad SMARTS) is 1. The van der Waals surface area contributed by atoms with Crippen molar-refractivity contribution in [2.24, 2.45) is 0 Å². The molecule has 0 heterocycles. The van der Waals surface area contributed by atoms with Crippen LogP contribution in [0.2, 0.25) is 0 Å². The van der Waals surface area contributed by atoms with Gasteiger partial charge in [0.05, 0.1) is 17.1 Å². The van der Waals surface area contributed by atoms with E-state index in [1.54, 1.807) is 11.1 Å². The Morgan fingerprint density at radius 1 is 1.41 bits per heavy atom. The molecular formula is C10H10BrNO5. The highest BCUT2D eigenvalue weighted by Crippen LogP contribution is 2.11. The summed E-state index contributed by atoms with van der Waals surface area (Å²) in [5, 5.41) is 26.5. The first-order chi connectivity index (χ1) is 8.02. The number of nitrogens with zero attached hydrogens (tertiary/aromatic N) is 1. The number of aliphatic hydroxyl groups excluding tert-OH is 1. The van der Waals surface area contributed by atoms with Crippen molar-refractivity contribution in [1.29, 1.82) is 0 Å². The summed E-state index contributed by atoms with van der Waals surface area (Å²) in [6.07, 6.45) is 1.60. The number of halogens is 1. The summed E-state index contributed by atoms with van der Waals surface area (Å²) in [5.41, 5.74) is -0.0689. The normalized spacial score (nSPS) is 9.53. The summed E-state index contributed by atoms with van der Waals surface area (Å²) in [6, 6.07) is 4.70. The third-order valence-electron chi connectivity index (χ3n) is 1.52. The minimum Gasteiger partial charge on any atom is -0.478 e. The summed E-state index contributed by atoms with van der Waals surface area (Å²) in [6.45, 7) is 0.116. The van der Waals surface area contributed by atoms with Crippen LogP contribution in [0.1, 0.15) is 10.4 Å². The summed E-state index contributed by atoms with van der Waals surface area (Å²) < 4.78 is 0. The second-order valence-electron chi connectivity index (χ2n) is 2.65. The fraction of sp³-hybridized carbons (Fsp3) is 0.100. The molecule has 0 unspecified atom stereocenters. The third kappa shape index (κ3) is 6.44. The van der Waals surface area contributed by atoms with Gasteiger partial charge in [-0.25, -0.2) is 4.79 Å². The van der Waals surface area contributed by atoms with Crippen LogP contribution in [0.5, 0.6) is 0 Å². The Morgan fingerprint density at radius 3 is 2.18 bits per heavy atom. The molecule has 0 aliphatic carbocycles. The van der Waals surface area contributed by atoms with Crippen LogP contribution in [-0.4, -0.2) is 27.7 Å². The predicted octanol–water partition coefficient (Wildman–Crippen LogP) is 2.18. The lowest BCUT2D eigenvalue weighted by molar-refractivity contribution is -0.384. The Hall–Kier alpha value is -1.73. The van der Waals surface area contributed by atoms with E-state index in [0.717, 1.165) is 12.1 Å². The van der Waals surface area contributed by atoms with Crippen LogP contribution >= 0.6 is 15.9 Å². The van der Waals surface area contributed by atoms with Gasteiger partial charge in [0, 0.05) is 12.1 Å². The molecule has 0 bridgehead atoms. The average molecular weight is 304 g/mol. The van der Waals surface area contributed by atoms with Crippen LogP contribution in [-0.2, 0) is 0 Å². The zero-order valence-corrected chi connectivity index (χ0v) is 10.2. The molecule has 0 aliphatic heterocycles. The number of nitro groups is 1. The third-order valence-corrected chi connectivity index (χ3v) is 1.89.